The molecule has 0 heterocycles. The van der Waals surface area contributed by atoms with E-state index in [2.05, 4.69) is 19.0 Å². The van der Waals surface area contributed by atoms with Crippen molar-refractivity contribution in [3.8, 4) is 0 Å². The Morgan fingerprint density at radius 2 is 2.11 bits per heavy atom. The topological polar surface area (TPSA) is 41.5 Å². The maximum Gasteiger partial charge on any atom is 0.111 e. The third-order valence-corrected chi connectivity index (χ3v) is 2.78. The van der Waals surface area contributed by atoms with Gasteiger partial charge in [0, 0.05) is 0 Å². The highest BCUT2D eigenvalue weighted by Crippen LogP contribution is 2.14. The van der Waals surface area contributed by atoms with E-state index in [4.69, 9.17) is 4.84 Å². The Balaban J connectivity index is 2.47. The number of anilines is 1. The average Bonchev–Trinajstić information content (AvgIpc) is 2.40. The van der Waals surface area contributed by atoms with E-state index in [1.807, 2.05) is 30.3 Å². The van der Waals surface area contributed by atoms with Crippen molar-refractivity contribution >= 4 is 5.69 Å². The van der Waals surface area contributed by atoms with E-state index in [0.717, 1.165) is 24.9 Å². The fourth-order valence-corrected chi connectivity index (χ4v) is 1.71. The summed E-state index contributed by atoms with van der Waals surface area (Å²) in [6.07, 6.45) is 4.51. The molecule has 2 atom stereocenters. The van der Waals surface area contributed by atoms with Gasteiger partial charge in [-0.05, 0) is 25.0 Å². The Bertz CT molecular complexity index is 327. The van der Waals surface area contributed by atoms with Crippen LogP contribution in [-0.4, -0.2) is 17.3 Å². The maximum atomic E-state index is 9.98. The van der Waals surface area contributed by atoms with Gasteiger partial charge in [-0.1, -0.05) is 44.0 Å². The zero-order chi connectivity index (χ0) is 13.2. The molecular formula is C15H23NO2. The van der Waals surface area contributed by atoms with Crippen molar-refractivity contribution in [2.75, 3.05) is 5.48 Å². The van der Waals surface area contributed by atoms with Crippen molar-refractivity contribution < 1.29 is 9.94 Å². The molecule has 0 aliphatic rings. The molecule has 2 N–H and O–H groups in total. The van der Waals surface area contributed by atoms with E-state index in [-0.39, 0.29) is 6.10 Å². The van der Waals surface area contributed by atoms with Crippen molar-refractivity contribution in [2.24, 2.45) is 0 Å². The fraction of sp³-hybridized carbons (Fsp3) is 0.467. The third kappa shape index (κ3) is 5.34. The van der Waals surface area contributed by atoms with E-state index in [9.17, 15) is 5.11 Å². The van der Waals surface area contributed by atoms with E-state index in [1.165, 1.54) is 0 Å². The third-order valence-electron chi connectivity index (χ3n) is 2.78. The second-order valence-electron chi connectivity index (χ2n) is 4.36. The Morgan fingerprint density at radius 1 is 1.39 bits per heavy atom. The Hall–Kier alpha value is -1.32. The van der Waals surface area contributed by atoms with E-state index < -0.39 is 6.10 Å². The van der Waals surface area contributed by atoms with Crippen molar-refractivity contribution in [3.63, 3.8) is 0 Å². The molecule has 1 rings (SSSR count). The second kappa shape index (κ2) is 8.72. The van der Waals surface area contributed by atoms with Gasteiger partial charge in [-0.25, -0.2) is 0 Å². The maximum absolute atomic E-state index is 9.98. The first kappa shape index (κ1) is 14.7. The van der Waals surface area contributed by atoms with Gasteiger partial charge in [-0.2, -0.15) is 0 Å². The molecule has 0 radical (unpaired) electrons. The van der Waals surface area contributed by atoms with E-state index in [0.29, 0.717) is 6.42 Å². The predicted molar refractivity (Wildman–Crippen MR) is 75.3 cm³/mol. The molecule has 0 aromatic heterocycles. The first-order valence-corrected chi connectivity index (χ1v) is 6.53. The lowest BCUT2D eigenvalue weighted by molar-refractivity contribution is -0.0165. The van der Waals surface area contributed by atoms with Gasteiger partial charge in [0.15, 0.2) is 0 Å². The van der Waals surface area contributed by atoms with Crippen LogP contribution in [0.15, 0.2) is 43.0 Å². The number of hydrogen-bond acceptors (Lipinski definition) is 3. The number of hydrogen-bond donors (Lipinski definition) is 2. The Kier molecular flexibility index (Phi) is 7.14. The lowest BCUT2D eigenvalue weighted by Crippen LogP contribution is -2.30. The SMILES string of the molecule is C=CC[C@@H](O)[C@@H](CCCC)ONc1ccccc1. The summed E-state index contributed by atoms with van der Waals surface area (Å²) in [6, 6.07) is 9.68. The minimum atomic E-state index is -0.509. The van der Waals surface area contributed by atoms with E-state index >= 15 is 0 Å². The molecule has 1 aromatic rings. The van der Waals surface area contributed by atoms with Crippen LogP contribution in [-0.2, 0) is 4.84 Å². The van der Waals surface area contributed by atoms with Crippen LogP contribution in [0.25, 0.3) is 0 Å². The van der Waals surface area contributed by atoms with Crippen molar-refractivity contribution in [1.29, 1.82) is 0 Å². The van der Waals surface area contributed by atoms with Crippen LogP contribution in [0, 0.1) is 0 Å². The Labute approximate surface area is 109 Å². The van der Waals surface area contributed by atoms with Crippen LogP contribution in [0.1, 0.15) is 32.6 Å². The van der Waals surface area contributed by atoms with Gasteiger partial charge < -0.3 is 5.11 Å². The summed E-state index contributed by atoms with van der Waals surface area (Å²) in [4.78, 5) is 5.60. The molecule has 0 bridgehead atoms. The number of unbranched alkanes of at least 4 members (excludes halogenated alkanes) is 1. The number of para-hydroxylation sites is 1. The number of nitrogens with one attached hydrogen (secondary N) is 1. The highest BCUT2D eigenvalue weighted by Gasteiger charge is 2.18. The van der Waals surface area contributed by atoms with Crippen LogP contribution < -0.4 is 5.48 Å². The molecule has 0 amide bonds. The Morgan fingerprint density at radius 3 is 2.72 bits per heavy atom. The van der Waals surface area contributed by atoms with Gasteiger partial charge in [0.1, 0.15) is 6.10 Å². The van der Waals surface area contributed by atoms with E-state index in [1.54, 1.807) is 6.08 Å². The zero-order valence-electron chi connectivity index (χ0n) is 11.0. The molecular weight excluding hydrogens is 226 g/mol. The molecule has 0 spiro atoms. The molecule has 0 aliphatic heterocycles. The summed E-state index contributed by atoms with van der Waals surface area (Å²) in [5, 5.41) is 9.98. The predicted octanol–water partition coefficient (Wildman–Crippen LogP) is 3.53. The van der Waals surface area contributed by atoms with Crippen LogP contribution in [0.4, 0.5) is 5.69 Å². The van der Waals surface area contributed by atoms with Gasteiger partial charge in [0.05, 0.1) is 11.8 Å². The van der Waals surface area contributed by atoms with Crippen molar-refractivity contribution in [2.45, 2.75) is 44.8 Å². The molecule has 100 valence electrons. The number of rotatable bonds is 9. The number of aliphatic hydroxyl groups excluding tert-OH is 1. The normalized spacial score (nSPS) is 13.9. The number of benzene rings is 1. The molecule has 0 unspecified atom stereocenters. The van der Waals surface area contributed by atoms with Gasteiger partial charge in [0.25, 0.3) is 0 Å². The first-order valence-electron chi connectivity index (χ1n) is 6.53. The molecule has 3 heteroatoms. The first-order chi connectivity index (χ1) is 8.77. The summed E-state index contributed by atoms with van der Waals surface area (Å²) in [7, 11) is 0. The van der Waals surface area contributed by atoms with Crippen LogP contribution >= 0.6 is 0 Å². The molecule has 18 heavy (non-hydrogen) atoms. The van der Waals surface area contributed by atoms with Gasteiger partial charge >= 0.3 is 0 Å². The standard InChI is InChI=1S/C15H23NO2/c1-3-5-12-15(14(17)9-4-2)18-16-13-10-7-6-8-11-13/h4,6-8,10-11,14-17H,2-3,5,9,12H2,1H3/t14-,15-/m1/s1. The zero-order valence-corrected chi connectivity index (χ0v) is 11.0. The van der Waals surface area contributed by atoms with Gasteiger partial charge in [-0.3, -0.25) is 10.3 Å². The summed E-state index contributed by atoms with van der Waals surface area (Å²) in [6.45, 7) is 5.77. The summed E-state index contributed by atoms with van der Waals surface area (Å²) < 4.78 is 0. The minimum Gasteiger partial charge on any atom is -0.390 e. The smallest absolute Gasteiger partial charge is 0.111 e. The monoisotopic (exact) mass is 249 g/mol. The summed E-state index contributed by atoms with van der Waals surface area (Å²) in [5.41, 5.74) is 3.79. The lowest BCUT2D eigenvalue weighted by atomic mass is 10.0. The summed E-state index contributed by atoms with van der Waals surface area (Å²) in [5.74, 6) is 0. The quantitative estimate of drug-likeness (QED) is 0.519. The highest BCUT2D eigenvalue weighted by molar-refractivity contribution is 5.40. The molecule has 0 aliphatic carbocycles. The number of aliphatic hydroxyl groups is 1. The lowest BCUT2D eigenvalue weighted by Gasteiger charge is -2.22. The van der Waals surface area contributed by atoms with Crippen molar-refractivity contribution in [1.82, 2.24) is 0 Å². The van der Waals surface area contributed by atoms with Crippen LogP contribution in [0.3, 0.4) is 0 Å². The fourth-order valence-electron chi connectivity index (χ4n) is 1.71. The molecule has 0 fully saturated rings. The summed E-state index contributed by atoms with van der Waals surface area (Å²) >= 11 is 0. The van der Waals surface area contributed by atoms with Crippen LogP contribution in [0.5, 0.6) is 0 Å². The molecule has 1 aromatic carbocycles. The van der Waals surface area contributed by atoms with Crippen molar-refractivity contribution in [3.05, 3.63) is 43.0 Å². The minimum absolute atomic E-state index is 0.205. The largest absolute Gasteiger partial charge is 0.390 e. The molecule has 3 nitrogen and oxygen atoms in total. The second-order valence-corrected chi connectivity index (χ2v) is 4.36. The van der Waals surface area contributed by atoms with Gasteiger partial charge in [-0.15, -0.1) is 6.58 Å². The van der Waals surface area contributed by atoms with Gasteiger partial charge in [0.2, 0.25) is 0 Å². The molecule has 0 saturated carbocycles. The average molecular weight is 249 g/mol. The molecule has 0 saturated heterocycles. The highest BCUT2D eigenvalue weighted by atomic mass is 16.7. The van der Waals surface area contributed by atoms with Crippen LogP contribution in [0.2, 0.25) is 0 Å².